The number of carbonyl (C=O) groups excluding carboxylic acids is 1. The molecule has 1 amide bonds. The van der Waals surface area contributed by atoms with E-state index in [1.165, 1.54) is 0 Å². The highest BCUT2D eigenvalue weighted by atomic mass is 35.5. The standard InChI is InChI=1S/C33H38Cl2N4O4/c1-21-5-4-6-31(36-21)43-30-18-24(8-11-26(30)34)39-16-13-23(19-39)33(41)37-28(20-38-14-2-3-15-38)32(40)22-7-12-29(27(35)17-22)42-25-9-10-25/h4-8,11-12,17-18,23,25,28,32,40H,2-3,9-10,13-16,19-20H2,1H3,(H,37,41)/t23-,28-,32-/m1/s1. The summed E-state index contributed by atoms with van der Waals surface area (Å²) in [6.07, 6.45) is 4.37. The highest BCUT2D eigenvalue weighted by molar-refractivity contribution is 6.32. The molecule has 3 heterocycles. The number of pyridine rings is 1. The van der Waals surface area contributed by atoms with Crippen LogP contribution in [-0.2, 0) is 4.79 Å². The Morgan fingerprint density at radius 2 is 1.84 bits per heavy atom. The number of benzene rings is 2. The number of hydrogen-bond donors (Lipinski definition) is 2. The average Bonchev–Trinajstić information content (AvgIpc) is 3.42. The third-order valence-electron chi connectivity index (χ3n) is 8.39. The second kappa shape index (κ2) is 13.3. The molecule has 2 N–H and O–H groups in total. The summed E-state index contributed by atoms with van der Waals surface area (Å²) >= 11 is 13.0. The molecule has 1 aliphatic carbocycles. The Labute approximate surface area is 262 Å². The van der Waals surface area contributed by atoms with E-state index in [2.05, 4.69) is 20.1 Å². The van der Waals surface area contributed by atoms with Crippen molar-refractivity contribution in [2.45, 2.75) is 57.3 Å². The van der Waals surface area contributed by atoms with Crippen molar-refractivity contribution in [1.82, 2.24) is 15.2 Å². The van der Waals surface area contributed by atoms with Crippen molar-refractivity contribution in [1.29, 1.82) is 0 Å². The van der Waals surface area contributed by atoms with Gasteiger partial charge in [0.2, 0.25) is 11.8 Å². The number of likely N-dealkylation sites (tertiary alicyclic amines) is 1. The highest BCUT2D eigenvalue weighted by Crippen LogP contribution is 2.36. The number of aliphatic hydroxyl groups excluding tert-OH is 1. The second-order valence-corrected chi connectivity index (χ2v) is 12.7. The number of ether oxygens (including phenoxy) is 2. The van der Waals surface area contributed by atoms with E-state index in [1.807, 2.05) is 49.4 Å². The van der Waals surface area contributed by atoms with Crippen LogP contribution in [0.4, 0.5) is 5.69 Å². The lowest BCUT2D eigenvalue weighted by Gasteiger charge is -2.30. The Bertz CT molecular complexity index is 1450. The number of amides is 1. The number of hydrogen-bond acceptors (Lipinski definition) is 7. The molecule has 43 heavy (non-hydrogen) atoms. The molecular weight excluding hydrogens is 587 g/mol. The van der Waals surface area contributed by atoms with Crippen LogP contribution in [0.5, 0.6) is 17.4 Å². The van der Waals surface area contributed by atoms with Crippen LogP contribution in [0, 0.1) is 12.8 Å². The van der Waals surface area contributed by atoms with Gasteiger partial charge in [0.05, 0.1) is 28.1 Å². The summed E-state index contributed by atoms with van der Waals surface area (Å²) < 4.78 is 11.9. The lowest BCUT2D eigenvalue weighted by atomic mass is 10.00. The number of anilines is 1. The Balaban J connectivity index is 1.12. The molecule has 2 aromatic carbocycles. The number of halogens is 2. The summed E-state index contributed by atoms with van der Waals surface area (Å²) in [7, 11) is 0. The predicted molar refractivity (Wildman–Crippen MR) is 168 cm³/mol. The normalized spacial score (nSPS) is 20.2. The number of aromatic nitrogens is 1. The highest BCUT2D eigenvalue weighted by Gasteiger charge is 2.33. The van der Waals surface area contributed by atoms with Crippen LogP contribution in [0.1, 0.15) is 49.5 Å². The van der Waals surface area contributed by atoms with E-state index in [0.717, 1.165) is 56.7 Å². The molecule has 1 aromatic heterocycles. The van der Waals surface area contributed by atoms with Gasteiger partial charge in [0.25, 0.3) is 0 Å². The fourth-order valence-electron chi connectivity index (χ4n) is 5.83. The number of aryl methyl sites for hydroxylation is 1. The van der Waals surface area contributed by atoms with Crippen molar-refractivity contribution in [3.05, 3.63) is 75.9 Å². The van der Waals surface area contributed by atoms with Gasteiger partial charge in [-0.15, -0.1) is 0 Å². The molecule has 0 radical (unpaired) electrons. The largest absolute Gasteiger partial charge is 0.489 e. The molecule has 228 valence electrons. The second-order valence-electron chi connectivity index (χ2n) is 11.8. The van der Waals surface area contributed by atoms with Gasteiger partial charge >= 0.3 is 0 Å². The molecule has 3 aliphatic rings. The van der Waals surface area contributed by atoms with Crippen molar-refractivity contribution in [2.24, 2.45) is 5.92 Å². The van der Waals surface area contributed by atoms with Gasteiger partial charge in [0, 0.05) is 43.1 Å². The van der Waals surface area contributed by atoms with Gasteiger partial charge < -0.3 is 29.7 Å². The minimum absolute atomic E-state index is 0.0556. The monoisotopic (exact) mass is 624 g/mol. The molecule has 2 aliphatic heterocycles. The van der Waals surface area contributed by atoms with Crippen molar-refractivity contribution in [2.75, 3.05) is 37.6 Å². The van der Waals surface area contributed by atoms with Gasteiger partial charge in [-0.3, -0.25) is 4.79 Å². The molecule has 10 heteroatoms. The number of carbonyl (C=O) groups is 1. The van der Waals surface area contributed by atoms with Gasteiger partial charge in [-0.1, -0.05) is 35.3 Å². The summed E-state index contributed by atoms with van der Waals surface area (Å²) in [5, 5.41) is 15.7. The number of nitrogens with zero attached hydrogens (tertiary/aromatic N) is 3. The van der Waals surface area contributed by atoms with E-state index in [-0.39, 0.29) is 17.9 Å². The van der Waals surface area contributed by atoms with Crippen molar-refractivity contribution >= 4 is 34.8 Å². The molecule has 0 unspecified atom stereocenters. The van der Waals surface area contributed by atoms with Crippen molar-refractivity contribution < 1.29 is 19.4 Å². The van der Waals surface area contributed by atoms with Gasteiger partial charge in [0.15, 0.2) is 0 Å². The topological polar surface area (TPSA) is 87.2 Å². The zero-order valence-corrected chi connectivity index (χ0v) is 25.9. The van der Waals surface area contributed by atoms with E-state index >= 15 is 0 Å². The van der Waals surface area contributed by atoms with E-state index in [1.54, 1.807) is 12.1 Å². The first-order chi connectivity index (χ1) is 20.8. The van der Waals surface area contributed by atoms with Gasteiger partial charge in [-0.05, 0) is 88.0 Å². The molecule has 1 saturated carbocycles. The molecule has 0 spiro atoms. The molecule has 3 atom stereocenters. The minimum atomic E-state index is -0.902. The molecule has 0 bridgehead atoms. The SMILES string of the molecule is Cc1cccc(Oc2cc(N3CC[C@@H](C(=O)N[C@H](CN4CCCC4)[C@H](O)c4ccc(OC5CC5)c(Cl)c4)C3)ccc2Cl)n1. The molecule has 6 rings (SSSR count). The number of rotatable bonds is 11. The van der Waals surface area contributed by atoms with Crippen LogP contribution < -0.4 is 19.7 Å². The smallest absolute Gasteiger partial charge is 0.225 e. The zero-order valence-electron chi connectivity index (χ0n) is 24.3. The fraction of sp³-hybridized carbons (Fsp3) is 0.455. The minimum Gasteiger partial charge on any atom is -0.489 e. The Hall–Kier alpha value is -3.04. The molecular formula is C33H38Cl2N4O4. The maximum atomic E-state index is 13.6. The Morgan fingerprint density at radius 3 is 2.58 bits per heavy atom. The number of aliphatic hydroxyl groups is 1. The molecule has 3 aromatic rings. The predicted octanol–water partition coefficient (Wildman–Crippen LogP) is 6.17. The maximum Gasteiger partial charge on any atom is 0.225 e. The Morgan fingerprint density at radius 1 is 1.02 bits per heavy atom. The summed E-state index contributed by atoms with van der Waals surface area (Å²) in [5.41, 5.74) is 2.45. The average molecular weight is 626 g/mol. The van der Waals surface area contributed by atoms with Crippen molar-refractivity contribution in [3.8, 4) is 17.4 Å². The first kappa shape index (κ1) is 30.0. The molecule has 2 saturated heterocycles. The quantitative estimate of drug-likeness (QED) is 0.264. The van der Waals surface area contributed by atoms with Crippen molar-refractivity contribution in [3.63, 3.8) is 0 Å². The Kier molecular flexibility index (Phi) is 9.28. The summed E-state index contributed by atoms with van der Waals surface area (Å²) in [5.74, 6) is 1.36. The lowest BCUT2D eigenvalue weighted by molar-refractivity contribution is -0.126. The van der Waals surface area contributed by atoms with Crippen LogP contribution in [0.3, 0.4) is 0 Å². The lowest BCUT2D eigenvalue weighted by Crippen LogP contribution is -2.48. The van der Waals surface area contributed by atoms with Crippen LogP contribution >= 0.6 is 23.2 Å². The number of nitrogens with one attached hydrogen (secondary N) is 1. The molecule has 3 fully saturated rings. The van der Waals surface area contributed by atoms with Crippen LogP contribution in [0.15, 0.2) is 54.6 Å². The molecule has 8 nitrogen and oxygen atoms in total. The first-order valence-electron chi connectivity index (χ1n) is 15.2. The van der Waals surface area contributed by atoms with E-state index < -0.39 is 12.1 Å². The van der Waals surface area contributed by atoms with Crippen LogP contribution in [0.2, 0.25) is 10.0 Å². The van der Waals surface area contributed by atoms with Gasteiger partial charge in [0.1, 0.15) is 17.6 Å². The third-order valence-corrected chi connectivity index (χ3v) is 9.00. The summed E-state index contributed by atoms with van der Waals surface area (Å²) in [6, 6.07) is 16.2. The van der Waals surface area contributed by atoms with Gasteiger partial charge in [-0.2, -0.15) is 0 Å². The summed E-state index contributed by atoms with van der Waals surface area (Å²) in [6.45, 7) is 5.69. The fourth-order valence-corrected chi connectivity index (χ4v) is 6.22. The van der Waals surface area contributed by atoms with E-state index in [4.69, 9.17) is 32.7 Å². The van der Waals surface area contributed by atoms with E-state index in [9.17, 15) is 9.90 Å². The first-order valence-corrected chi connectivity index (χ1v) is 15.9. The van der Waals surface area contributed by atoms with E-state index in [0.29, 0.717) is 52.5 Å². The zero-order chi connectivity index (χ0) is 29.9. The van der Waals surface area contributed by atoms with Crippen LogP contribution in [-0.4, -0.2) is 65.8 Å². The third kappa shape index (κ3) is 7.55. The maximum absolute atomic E-state index is 13.6. The summed E-state index contributed by atoms with van der Waals surface area (Å²) in [4.78, 5) is 22.5. The van der Waals surface area contributed by atoms with Crippen LogP contribution in [0.25, 0.3) is 0 Å². The van der Waals surface area contributed by atoms with Gasteiger partial charge in [-0.25, -0.2) is 4.98 Å².